The number of amides is 2. The molecule has 1 aromatic carbocycles. The Kier molecular flexibility index (Phi) is 6.64. The van der Waals surface area contributed by atoms with Gasteiger partial charge in [-0.3, -0.25) is 9.59 Å². The average molecular weight is 444 g/mol. The van der Waals surface area contributed by atoms with E-state index in [9.17, 15) is 9.59 Å². The van der Waals surface area contributed by atoms with E-state index in [1.54, 1.807) is 35.1 Å². The molecule has 9 nitrogen and oxygen atoms in total. The number of carbonyl (C=O) groups excluding carboxylic acids is 2. The molecule has 4 rings (SSSR count). The molecule has 0 aliphatic carbocycles. The molecule has 0 bridgehead atoms. The van der Waals surface area contributed by atoms with Crippen molar-refractivity contribution < 1.29 is 28.3 Å². The summed E-state index contributed by atoms with van der Waals surface area (Å²) in [5.41, 5.74) is 2.19. The highest BCUT2D eigenvalue weighted by atomic mass is 16.5. The van der Waals surface area contributed by atoms with Gasteiger partial charge in [0.25, 0.3) is 11.8 Å². The van der Waals surface area contributed by atoms with Gasteiger partial charge in [-0.2, -0.15) is 0 Å². The van der Waals surface area contributed by atoms with Crippen molar-refractivity contribution in [2.24, 2.45) is 0 Å². The monoisotopic (exact) mass is 443 g/mol. The predicted molar refractivity (Wildman–Crippen MR) is 115 cm³/mol. The van der Waals surface area contributed by atoms with Crippen LogP contribution in [0.25, 0.3) is 0 Å². The van der Waals surface area contributed by atoms with Crippen molar-refractivity contribution in [3.63, 3.8) is 0 Å². The Labute approximate surface area is 187 Å². The maximum absolute atomic E-state index is 13.0. The highest BCUT2D eigenvalue weighted by molar-refractivity contribution is 5.95. The van der Waals surface area contributed by atoms with Crippen LogP contribution < -0.4 is 9.47 Å². The fraction of sp³-hybridized carbons (Fsp3) is 0.522. The van der Waals surface area contributed by atoms with Crippen LogP contribution in [0.1, 0.15) is 40.2 Å². The first kappa shape index (κ1) is 22.1. The molecule has 32 heavy (non-hydrogen) atoms. The molecule has 0 saturated carbocycles. The molecule has 9 heteroatoms. The van der Waals surface area contributed by atoms with E-state index in [4.69, 9.17) is 18.7 Å². The van der Waals surface area contributed by atoms with Gasteiger partial charge in [-0.1, -0.05) is 5.16 Å². The van der Waals surface area contributed by atoms with E-state index < -0.39 is 0 Å². The van der Waals surface area contributed by atoms with Gasteiger partial charge in [0.15, 0.2) is 11.5 Å². The zero-order valence-corrected chi connectivity index (χ0v) is 18.8. The summed E-state index contributed by atoms with van der Waals surface area (Å²) in [6.45, 7) is 6.66. The topological polar surface area (TPSA) is 94.3 Å². The van der Waals surface area contributed by atoms with Crippen molar-refractivity contribution in [1.82, 2.24) is 15.0 Å². The lowest BCUT2D eigenvalue weighted by molar-refractivity contribution is -0.142. The van der Waals surface area contributed by atoms with Gasteiger partial charge in [-0.05, 0) is 44.9 Å². The molecule has 1 unspecified atom stereocenters. The molecule has 3 heterocycles. The Balaban J connectivity index is 1.37. The smallest absolute Gasteiger partial charge is 0.254 e. The predicted octanol–water partition coefficient (Wildman–Crippen LogP) is 2.34. The summed E-state index contributed by atoms with van der Waals surface area (Å²) in [6, 6.07) is 5.16. The van der Waals surface area contributed by atoms with Gasteiger partial charge >= 0.3 is 0 Å². The standard InChI is InChI=1S/C23H29N3O6/c1-15-18(16(2)32-24-15)14-31-19-7-6-17(13-21(19)29-3)22(27)25-8-10-26(11-9-25)23(28)20-5-4-12-30-20/h6-7,13,20H,4-5,8-12,14H2,1-3H3. The lowest BCUT2D eigenvalue weighted by Crippen LogP contribution is -2.52. The third-order valence-electron chi connectivity index (χ3n) is 6.05. The normalized spacial score (nSPS) is 18.7. The average Bonchev–Trinajstić information content (AvgIpc) is 3.47. The summed E-state index contributed by atoms with van der Waals surface area (Å²) in [6.07, 6.45) is 1.39. The number of aryl methyl sites for hydroxylation is 2. The second kappa shape index (κ2) is 9.60. The van der Waals surface area contributed by atoms with Crippen molar-refractivity contribution in [3.05, 3.63) is 40.8 Å². The minimum Gasteiger partial charge on any atom is -0.493 e. The fourth-order valence-electron chi connectivity index (χ4n) is 4.07. The quantitative estimate of drug-likeness (QED) is 0.676. The largest absolute Gasteiger partial charge is 0.493 e. The van der Waals surface area contributed by atoms with Crippen LogP contribution in [0.2, 0.25) is 0 Å². The van der Waals surface area contributed by atoms with E-state index in [-0.39, 0.29) is 17.9 Å². The summed E-state index contributed by atoms with van der Waals surface area (Å²) in [7, 11) is 1.54. The highest BCUT2D eigenvalue weighted by Gasteiger charge is 2.31. The molecule has 0 radical (unpaired) electrons. The zero-order chi connectivity index (χ0) is 22.7. The minimum atomic E-state index is -0.320. The summed E-state index contributed by atoms with van der Waals surface area (Å²) < 4.78 is 22.0. The van der Waals surface area contributed by atoms with Crippen molar-refractivity contribution in [3.8, 4) is 11.5 Å². The molecule has 2 aliphatic rings. The molecule has 1 aromatic heterocycles. The molecular formula is C23H29N3O6. The Hall–Kier alpha value is -3.07. The molecule has 2 amide bonds. The van der Waals surface area contributed by atoms with Crippen molar-refractivity contribution >= 4 is 11.8 Å². The molecule has 1 atom stereocenters. The molecule has 0 N–H and O–H groups in total. The van der Waals surface area contributed by atoms with E-state index in [1.165, 1.54) is 0 Å². The van der Waals surface area contributed by atoms with Crippen LogP contribution in [-0.2, 0) is 16.1 Å². The van der Waals surface area contributed by atoms with Gasteiger partial charge in [-0.25, -0.2) is 0 Å². The molecule has 2 aliphatic heterocycles. The summed E-state index contributed by atoms with van der Waals surface area (Å²) in [5.74, 6) is 1.68. The van der Waals surface area contributed by atoms with Gasteiger partial charge in [0.05, 0.1) is 18.4 Å². The first-order valence-electron chi connectivity index (χ1n) is 10.9. The van der Waals surface area contributed by atoms with Crippen molar-refractivity contribution in [2.45, 2.75) is 39.4 Å². The van der Waals surface area contributed by atoms with Crippen molar-refractivity contribution in [2.75, 3.05) is 39.9 Å². The van der Waals surface area contributed by atoms with E-state index in [1.807, 2.05) is 13.8 Å². The number of benzene rings is 1. The third kappa shape index (κ3) is 4.57. The Bertz CT molecular complexity index is 955. The Morgan fingerprint density at radius 2 is 1.88 bits per heavy atom. The molecule has 0 spiro atoms. The summed E-state index contributed by atoms with van der Waals surface area (Å²) >= 11 is 0. The Morgan fingerprint density at radius 3 is 2.50 bits per heavy atom. The highest BCUT2D eigenvalue weighted by Crippen LogP contribution is 2.30. The first-order chi connectivity index (χ1) is 15.5. The van der Waals surface area contributed by atoms with Gasteiger partial charge < -0.3 is 28.5 Å². The number of nitrogens with zero attached hydrogens (tertiary/aromatic N) is 3. The van der Waals surface area contributed by atoms with Gasteiger partial charge in [0, 0.05) is 38.3 Å². The number of piperazine rings is 1. The van der Waals surface area contributed by atoms with Gasteiger partial charge in [-0.15, -0.1) is 0 Å². The fourth-order valence-corrected chi connectivity index (χ4v) is 4.07. The zero-order valence-electron chi connectivity index (χ0n) is 18.8. The summed E-state index contributed by atoms with van der Waals surface area (Å²) in [5, 5.41) is 3.93. The maximum Gasteiger partial charge on any atom is 0.254 e. The lowest BCUT2D eigenvalue weighted by atomic mass is 10.1. The SMILES string of the molecule is COc1cc(C(=O)N2CCN(C(=O)C3CCCO3)CC2)ccc1OCc1c(C)noc1C. The van der Waals surface area contributed by atoms with Crippen LogP contribution >= 0.6 is 0 Å². The number of hydrogen-bond acceptors (Lipinski definition) is 7. The van der Waals surface area contributed by atoms with Crippen LogP contribution in [0, 0.1) is 13.8 Å². The number of aromatic nitrogens is 1. The maximum atomic E-state index is 13.0. The first-order valence-corrected chi connectivity index (χ1v) is 10.9. The molecule has 2 saturated heterocycles. The van der Waals surface area contributed by atoms with Crippen molar-refractivity contribution in [1.29, 1.82) is 0 Å². The van der Waals surface area contributed by atoms with Gasteiger partial charge in [0.2, 0.25) is 0 Å². The number of ether oxygens (including phenoxy) is 3. The second-order valence-electron chi connectivity index (χ2n) is 8.08. The van der Waals surface area contributed by atoms with Crippen LogP contribution in [0.4, 0.5) is 0 Å². The number of rotatable bonds is 6. The third-order valence-corrected chi connectivity index (χ3v) is 6.05. The second-order valence-corrected chi connectivity index (χ2v) is 8.08. The number of carbonyl (C=O) groups is 2. The van der Waals surface area contributed by atoms with Crippen LogP contribution in [0.5, 0.6) is 11.5 Å². The summed E-state index contributed by atoms with van der Waals surface area (Å²) in [4.78, 5) is 29.1. The van der Waals surface area contributed by atoms with Crippen LogP contribution in [-0.4, -0.2) is 72.8 Å². The van der Waals surface area contributed by atoms with Crippen LogP contribution in [0.15, 0.2) is 22.7 Å². The van der Waals surface area contributed by atoms with E-state index >= 15 is 0 Å². The molecule has 2 fully saturated rings. The molecular weight excluding hydrogens is 414 g/mol. The van der Waals surface area contributed by atoms with Crippen LogP contribution in [0.3, 0.4) is 0 Å². The molecule has 2 aromatic rings. The van der Waals surface area contributed by atoms with E-state index in [2.05, 4.69) is 5.16 Å². The Morgan fingerprint density at radius 1 is 1.12 bits per heavy atom. The van der Waals surface area contributed by atoms with Gasteiger partial charge in [0.1, 0.15) is 18.5 Å². The molecule has 172 valence electrons. The minimum absolute atomic E-state index is 0.0380. The van der Waals surface area contributed by atoms with E-state index in [0.29, 0.717) is 62.2 Å². The number of methoxy groups -OCH3 is 1. The number of hydrogen-bond donors (Lipinski definition) is 0. The van der Waals surface area contributed by atoms with E-state index in [0.717, 1.165) is 24.1 Å². The lowest BCUT2D eigenvalue weighted by Gasteiger charge is -2.35.